The van der Waals surface area contributed by atoms with Gasteiger partial charge >= 0.3 is 56.5 Å². The molecule has 8 heteroatoms. The van der Waals surface area contributed by atoms with Crippen molar-refractivity contribution in [1.29, 1.82) is 0 Å². The van der Waals surface area contributed by atoms with Crippen molar-refractivity contribution >= 4 is 8.07 Å². The van der Waals surface area contributed by atoms with Crippen molar-refractivity contribution < 1.29 is 44.3 Å². The van der Waals surface area contributed by atoms with Crippen LogP contribution in [0.4, 0.5) is 0 Å². The Kier molecular flexibility index (Phi) is 100. The zero-order valence-electron chi connectivity index (χ0n) is 10.7. The van der Waals surface area contributed by atoms with Gasteiger partial charge in [0.15, 0.2) is 0 Å². The molecule has 1 aliphatic rings. The number of hydrogen-bond acceptors (Lipinski definition) is 1. The van der Waals surface area contributed by atoms with Crippen LogP contribution in [0.2, 0.25) is 0 Å². The predicted octanol–water partition coefficient (Wildman–Crippen LogP) is 1.28. The smallest absolute Gasteiger partial charge is 0 e. The molecule has 0 unspecified atom stereocenters. The molecular weight excluding hydrogens is 441 g/mol. The first-order valence-electron chi connectivity index (χ1n) is 4.50. The van der Waals surface area contributed by atoms with Gasteiger partial charge < -0.3 is 0 Å². The van der Waals surface area contributed by atoms with E-state index in [0.29, 0.717) is 0 Å². The molecule has 19 heavy (non-hydrogen) atoms. The Hall–Kier alpha value is -0.222. The van der Waals surface area contributed by atoms with Gasteiger partial charge in [-0.3, -0.25) is 0 Å². The second-order valence-electron chi connectivity index (χ2n) is 2.24. The topological polar surface area (TPSA) is 103 Å². The molecule has 0 N–H and O–H groups in total. The molecule has 104 valence electrons. The van der Waals surface area contributed by atoms with Crippen LogP contribution < -0.4 is 0 Å². The van der Waals surface area contributed by atoms with Crippen LogP contribution in [0.15, 0.2) is 0 Å². The zero-order chi connectivity index (χ0) is 16.0. The predicted molar refractivity (Wildman–Crippen MR) is 60.6 cm³/mol. The van der Waals surface area contributed by atoms with Crippen LogP contribution in [0.5, 0.6) is 0 Å². The minimum absolute atomic E-state index is 0. The van der Waals surface area contributed by atoms with Crippen LogP contribution in [0.25, 0.3) is 0 Å². The summed E-state index contributed by atoms with van der Waals surface area (Å²) in [6.07, 6.45) is 3.10. The molecule has 0 saturated carbocycles. The normalized spacial score (nSPS) is 8.89. The van der Waals surface area contributed by atoms with Gasteiger partial charge in [0.1, 0.15) is 12.3 Å². The molecule has 1 saturated heterocycles. The SMILES string of the molecule is CCN(CC)[PH+]1CC1.[C-]#[O+].[C-]#[O+].[C-]#[O+].[C-]#[O+].[C-]#[O+].[W]. The average molecular weight is 456 g/mol. The van der Waals surface area contributed by atoms with Crippen molar-refractivity contribution in [2.45, 2.75) is 13.8 Å². The third-order valence-electron chi connectivity index (χ3n) is 1.68. The van der Waals surface area contributed by atoms with E-state index in [0.717, 1.165) is 0 Å². The fourth-order valence-electron chi connectivity index (χ4n) is 1.04. The van der Waals surface area contributed by atoms with Crippen LogP contribution in [-0.2, 0) is 44.3 Å². The van der Waals surface area contributed by atoms with E-state index in [1.807, 2.05) is 0 Å². The maximum Gasteiger partial charge on any atom is 0 e. The van der Waals surface area contributed by atoms with Gasteiger partial charge in [0, 0.05) is 34.2 Å². The summed E-state index contributed by atoms with van der Waals surface area (Å²) in [5.41, 5.74) is 0. The summed E-state index contributed by atoms with van der Waals surface area (Å²) in [4.78, 5) is 0. The van der Waals surface area contributed by atoms with Crippen LogP contribution in [-0.4, -0.2) is 30.1 Å². The van der Waals surface area contributed by atoms with Crippen LogP contribution >= 0.6 is 8.07 Å². The molecule has 1 aliphatic heterocycles. The number of nitrogens with zero attached hydrogens (tertiary/aromatic N) is 1. The Morgan fingerprint density at radius 1 is 0.737 bits per heavy atom. The first-order valence-corrected chi connectivity index (χ1v) is 6.36. The zero-order valence-corrected chi connectivity index (χ0v) is 14.7. The van der Waals surface area contributed by atoms with E-state index in [1.165, 1.54) is 13.1 Å². The molecule has 6 nitrogen and oxygen atoms in total. The molecule has 0 spiro atoms. The fraction of sp³-hybridized carbons (Fsp3) is 0.545. The van der Waals surface area contributed by atoms with Gasteiger partial charge in [-0.1, -0.05) is 0 Å². The Balaban J connectivity index is -0.0000000332. The summed E-state index contributed by atoms with van der Waals surface area (Å²) in [5.74, 6) is 0. The molecule has 1 rings (SSSR count). The first kappa shape index (κ1) is 36.3. The molecule has 0 aromatic rings. The van der Waals surface area contributed by atoms with Gasteiger partial charge in [0.05, 0.1) is 8.07 Å². The third-order valence-corrected chi connectivity index (χ3v) is 4.16. The first-order chi connectivity index (χ1) is 8.88. The molecule has 1 fully saturated rings. The van der Waals surface area contributed by atoms with Crippen molar-refractivity contribution in [3.05, 3.63) is 33.3 Å². The van der Waals surface area contributed by atoms with Gasteiger partial charge in [-0.25, -0.2) is 0 Å². The Morgan fingerprint density at radius 3 is 1.00 bits per heavy atom. The largest absolute Gasteiger partial charge is 0 e. The summed E-state index contributed by atoms with van der Waals surface area (Å²) in [6, 6.07) is 0. The molecular formula is C11H15NO5PW+. The molecule has 0 aliphatic carbocycles. The van der Waals surface area contributed by atoms with E-state index in [1.54, 1.807) is 12.3 Å². The van der Waals surface area contributed by atoms with E-state index in [9.17, 15) is 0 Å². The summed E-state index contributed by atoms with van der Waals surface area (Å²) in [5, 5.41) is 0. The van der Waals surface area contributed by atoms with Gasteiger partial charge in [-0.2, -0.15) is 4.67 Å². The van der Waals surface area contributed by atoms with E-state index < -0.39 is 0 Å². The van der Waals surface area contributed by atoms with Crippen LogP contribution in [0, 0.1) is 33.3 Å². The second kappa shape index (κ2) is 52.3. The summed E-state index contributed by atoms with van der Waals surface area (Å²) in [7, 11) is 0.109. The number of hydrogen-bond donors (Lipinski definition) is 0. The molecule has 0 aromatic heterocycles. The standard InChI is InChI=1S/C6H14NP.5CO.W/c1-3-7(4-2)8-5-6-8;5*1-2;/h3-6H2,1-2H3;;;;;;/p+1. The van der Waals surface area contributed by atoms with Gasteiger partial charge in [-0.05, 0) is 13.8 Å². The van der Waals surface area contributed by atoms with E-state index in [-0.39, 0.29) is 29.1 Å². The van der Waals surface area contributed by atoms with E-state index >= 15 is 0 Å². The number of rotatable bonds is 3. The third kappa shape index (κ3) is 38.1. The molecule has 0 bridgehead atoms. The summed E-state index contributed by atoms with van der Waals surface area (Å²) < 4.78 is 40.1. The van der Waals surface area contributed by atoms with Crippen LogP contribution in [0.3, 0.4) is 0 Å². The Morgan fingerprint density at radius 2 is 0.947 bits per heavy atom. The van der Waals surface area contributed by atoms with E-state index in [4.69, 9.17) is 23.3 Å². The minimum Gasteiger partial charge on any atom is 0 e. The van der Waals surface area contributed by atoms with E-state index in [2.05, 4.69) is 51.8 Å². The van der Waals surface area contributed by atoms with Gasteiger partial charge in [0.2, 0.25) is 0 Å². The van der Waals surface area contributed by atoms with Crippen molar-refractivity contribution in [2.75, 3.05) is 25.4 Å². The average Bonchev–Trinajstić information content (AvgIpc) is 3.36. The molecule has 0 amide bonds. The Bertz CT molecular complexity index is 197. The molecule has 1 heterocycles. The van der Waals surface area contributed by atoms with Crippen molar-refractivity contribution in [3.8, 4) is 0 Å². The fourth-order valence-corrected chi connectivity index (χ4v) is 3.02. The second-order valence-corrected chi connectivity index (χ2v) is 5.00. The van der Waals surface area contributed by atoms with Crippen molar-refractivity contribution in [3.63, 3.8) is 0 Å². The quantitative estimate of drug-likeness (QED) is 0.357. The van der Waals surface area contributed by atoms with Crippen molar-refractivity contribution in [1.82, 2.24) is 4.67 Å². The molecule has 0 aromatic carbocycles. The maximum atomic E-state index is 7.50. The molecule has 0 radical (unpaired) electrons. The summed E-state index contributed by atoms with van der Waals surface area (Å²) >= 11 is 0. The molecule has 0 atom stereocenters. The summed E-state index contributed by atoms with van der Waals surface area (Å²) in [6.45, 7) is 29.6. The maximum absolute atomic E-state index is 7.50. The minimum atomic E-state index is 0. The Labute approximate surface area is 130 Å². The van der Waals surface area contributed by atoms with Crippen molar-refractivity contribution in [2.24, 2.45) is 0 Å². The van der Waals surface area contributed by atoms with Gasteiger partial charge in [0.25, 0.3) is 0 Å². The monoisotopic (exact) mass is 456 g/mol. The van der Waals surface area contributed by atoms with Crippen LogP contribution in [0.1, 0.15) is 13.8 Å². The van der Waals surface area contributed by atoms with Gasteiger partial charge in [-0.15, -0.1) is 0 Å².